The van der Waals surface area contributed by atoms with E-state index < -0.39 is 6.03 Å². The van der Waals surface area contributed by atoms with Gasteiger partial charge in [-0.1, -0.05) is 0 Å². The van der Waals surface area contributed by atoms with Crippen LogP contribution in [0.5, 0.6) is 0 Å². The summed E-state index contributed by atoms with van der Waals surface area (Å²) in [5.41, 5.74) is 5.13. The molecule has 0 radical (unpaired) electrons. The molecule has 1 saturated heterocycles. The Morgan fingerprint density at radius 1 is 1.42 bits per heavy atom. The topological polar surface area (TPSA) is 63.4 Å². The van der Waals surface area contributed by atoms with Gasteiger partial charge in [0.2, 0.25) is 0 Å². The van der Waals surface area contributed by atoms with Crippen LogP contribution in [0.15, 0.2) is 0 Å². The number of nitrogens with two attached hydrogens (primary N) is 1. The average molecular weight is 170 g/mol. The fourth-order valence-electron chi connectivity index (χ4n) is 1.62. The van der Waals surface area contributed by atoms with Gasteiger partial charge in [0.25, 0.3) is 0 Å². The zero-order valence-corrected chi connectivity index (χ0v) is 7.25. The smallest absolute Gasteiger partial charge is 0.315 e. The highest BCUT2D eigenvalue weighted by Gasteiger charge is 2.27. The third-order valence-corrected chi connectivity index (χ3v) is 2.26. The normalized spacial score (nSPS) is 23.8. The van der Waals surface area contributed by atoms with E-state index in [0.29, 0.717) is 6.54 Å². The van der Waals surface area contributed by atoms with Crippen molar-refractivity contribution < 1.29 is 9.59 Å². The molecule has 0 bridgehead atoms. The molecule has 2 amide bonds. The number of likely N-dealkylation sites (tertiary alicyclic amines) is 1. The van der Waals surface area contributed by atoms with Gasteiger partial charge in [-0.3, -0.25) is 4.79 Å². The molecule has 2 N–H and O–H groups in total. The van der Waals surface area contributed by atoms with E-state index in [4.69, 9.17) is 5.73 Å². The lowest BCUT2D eigenvalue weighted by Gasteiger charge is -2.32. The van der Waals surface area contributed by atoms with Gasteiger partial charge in [-0.05, 0) is 26.2 Å². The molecule has 1 atom stereocenters. The van der Waals surface area contributed by atoms with Crippen LogP contribution in [0, 0.1) is 0 Å². The van der Waals surface area contributed by atoms with Crippen LogP contribution >= 0.6 is 0 Å². The fraction of sp³-hybridized carbons (Fsp3) is 0.750. The highest BCUT2D eigenvalue weighted by molar-refractivity contribution is 5.86. The van der Waals surface area contributed by atoms with Crippen molar-refractivity contribution in [3.63, 3.8) is 0 Å². The molecule has 1 rings (SSSR count). The Hall–Kier alpha value is -1.06. The fourth-order valence-corrected chi connectivity index (χ4v) is 1.62. The molecule has 12 heavy (non-hydrogen) atoms. The molecule has 1 aliphatic heterocycles. The Bertz CT molecular complexity index is 181. The van der Waals surface area contributed by atoms with Crippen molar-refractivity contribution in [3.05, 3.63) is 0 Å². The number of carbonyl (C=O) groups is 2. The summed E-state index contributed by atoms with van der Waals surface area (Å²) in [4.78, 5) is 23.4. The Morgan fingerprint density at radius 2 is 2.08 bits per heavy atom. The van der Waals surface area contributed by atoms with Crippen LogP contribution in [0.25, 0.3) is 0 Å². The molecule has 0 aromatic carbocycles. The Morgan fingerprint density at radius 3 is 2.50 bits per heavy atom. The maximum Gasteiger partial charge on any atom is 0.315 e. The second kappa shape index (κ2) is 3.56. The predicted molar refractivity (Wildman–Crippen MR) is 44.6 cm³/mol. The van der Waals surface area contributed by atoms with Gasteiger partial charge >= 0.3 is 6.03 Å². The summed E-state index contributed by atoms with van der Waals surface area (Å²) in [6.07, 6.45) is 2.72. The van der Waals surface area contributed by atoms with E-state index in [9.17, 15) is 9.59 Å². The van der Waals surface area contributed by atoms with E-state index in [1.54, 1.807) is 0 Å². The lowest BCUT2D eigenvalue weighted by atomic mass is 10.00. The predicted octanol–water partition coefficient (Wildman–Crippen LogP) is 0.509. The average Bonchev–Trinajstić information content (AvgIpc) is 2.04. The summed E-state index contributed by atoms with van der Waals surface area (Å²) in [5.74, 6) is 0.0356. The molecule has 68 valence electrons. The molecule has 4 nitrogen and oxygen atoms in total. The van der Waals surface area contributed by atoms with Crippen molar-refractivity contribution in [2.45, 2.75) is 32.2 Å². The molecule has 4 heteroatoms. The lowest BCUT2D eigenvalue weighted by Crippen LogP contribution is -2.49. The SMILES string of the molecule is CC(=O)C1CCCCN1C(N)=O. The van der Waals surface area contributed by atoms with Gasteiger partial charge in [0.15, 0.2) is 5.78 Å². The summed E-state index contributed by atoms with van der Waals surface area (Å²) in [6.45, 7) is 2.13. The highest BCUT2D eigenvalue weighted by Crippen LogP contribution is 2.16. The van der Waals surface area contributed by atoms with Gasteiger partial charge in [0.05, 0.1) is 6.04 Å². The minimum atomic E-state index is -0.477. The standard InChI is InChI=1S/C8H14N2O2/c1-6(11)7-4-2-3-5-10(7)8(9)12/h7H,2-5H2,1H3,(H2,9,12). The number of hydrogen-bond donors (Lipinski definition) is 1. The van der Waals surface area contributed by atoms with Crippen LogP contribution in [0.1, 0.15) is 26.2 Å². The quantitative estimate of drug-likeness (QED) is 0.623. The van der Waals surface area contributed by atoms with Gasteiger partial charge in [0, 0.05) is 6.54 Å². The number of ketones is 1. The molecule has 0 aromatic rings. The van der Waals surface area contributed by atoms with Crippen molar-refractivity contribution in [1.29, 1.82) is 0 Å². The zero-order chi connectivity index (χ0) is 9.14. The molecular weight excluding hydrogens is 156 g/mol. The number of carbonyl (C=O) groups excluding carboxylic acids is 2. The maximum absolute atomic E-state index is 11.1. The number of hydrogen-bond acceptors (Lipinski definition) is 2. The third-order valence-electron chi connectivity index (χ3n) is 2.26. The summed E-state index contributed by atoms with van der Waals surface area (Å²) in [7, 11) is 0. The first-order valence-corrected chi connectivity index (χ1v) is 4.19. The number of rotatable bonds is 1. The van der Waals surface area contributed by atoms with Gasteiger partial charge in [-0.2, -0.15) is 0 Å². The minimum Gasteiger partial charge on any atom is -0.351 e. The second-order valence-electron chi connectivity index (χ2n) is 3.15. The molecule has 0 saturated carbocycles. The van der Waals surface area contributed by atoms with E-state index in [-0.39, 0.29) is 11.8 Å². The Kier molecular flexibility index (Phi) is 2.68. The zero-order valence-electron chi connectivity index (χ0n) is 7.25. The van der Waals surface area contributed by atoms with Crippen LogP contribution in [-0.4, -0.2) is 29.3 Å². The molecule has 0 spiro atoms. The van der Waals surface area contributed by atoms with Crippen LogP contribution in [0.2, 0.25) is 0 Å². The van der Waals surface area contributed by atoms with Crippen molar-refractivity contribution in [3.8, 4) is 0 Å². The van der Waals surface area contributed by atoms with Gasteiger partial charge in [-0.25, -0.2) is 4.79 Å². The monoisotopic (exact) mass is 170 g/mol. The number of primary amides is 1. The summed E-state index contributed by atoms with van der Waals surface area (Å²) in [6, 6.07) is -0.744. The van der Waals surface area contributed by atoms with Crippen molar-refractivity contribution in [1.82, 2.24) is 4.90 Å². The number of Topliss-reactive ketones (excluding diaryl/α,β-unsaturated/α-hetero) is 1. The number of nitrogens with zero attached hydrogens (tertiary/aromatic N) is 1. The largest absolute Gasteiger partial charge is 0.351 e. The number of urea groups is 1. The van der Waals surface area contributed by atoms with Gasteiger partial charge in [-0.15, -0.1) is 0 Å². The van der Waals surface area contributed by atoms with E-state index in [1.807, 2.05) is 0 Å². The van der Waals surface area contributed by atoms with Crippen LogP contribution in [0.3, 0.4) is 0 Å². The van der Waals surface area contributed by atoms with E-state index in [2.05, 4.69) is 0 Å². The lowest BCUT2D eigenvalue weighted by molar-refractivity contribution is -0.122. The number of piperidine rings is 1. The molecular formula is C8H14N2O2. The Balaban J connectivity index is 2.67. The first-order chi connectivity index (χ1) is 5.63. The molecule has 1 fully saturated rings. The van der Waals surface area contributed by atoms with Gasteiger partial charge < -0.3 is 10.6 Å². The van der Waals surface area contributed by atoms with E-state index in [0.717, 1.165) is 19.3 Å². The highest BCUT2D eigenvalue weighted by atomic mass is 16.2. The number of amides is 2. The first-order valence-electron chi connectivity index (χ1n) is 4.19. The summed E-state index contributed by atoms with van der Waals surface area (Å²) < 4.78 is 0. The van der Waals surface area contributed by atoms with Crippen LogP contribution in [-0.2, 0) is 4.79 Å². The molecule has 1 unspecified atom stereocenters. The van der Waals surface area contributed by atoms with Gasteiger partial charge in [0.1, 0.15) is 0 Å². The van der Waals surface area contributed by atoms with Crippen molar-refractivity contribution in [2.75, 3.05) is 6.54 Å². The molecule has 0 aromatic heterocycles. The van der Waals surface area contributed by atoms with E-state index >= 15 is 0 Å². The molecule has 0 aliphatic carbocycles. The van der Waals surface area contributed by atoms with Crippen molar-refractivity contribution in [2.24, 2.45) is 5.73 Å². The van der Waals surface area contributed by atoms with E-state index in [1.165, 1.54) is 11.8 Å². The maximum atomic E-state index is 11.1. The minimum absolute atomic E-state index is 0.0356. The summed E-state index contributed by atoms with van der Waals surface area (Å²) >= 11 is 0. The molecule has 1 aliphatic rings. The summed E-state index contributed by atoms with van der Waals surface area (Å²) in [5, 5.41) is 0. The van der Waals surface area contributed by atoms with Crippen LogP contribution in [0.4, 0.5) is 4.79 Å². The second-order valence-corrected chi connectivity index (χ2v) is 3.15. The first kappa shape index (κ1) is 9.03. The van der Waals surface area contributed by atoms with Crippen LogP contribution < -0.4 is 5.73 Å². The van der Waals surface area contributed by atoms with Crippen molar-refractivity contribution >= 4 is 11.8 Å². The molecule has 1 heterocycles. The third kappa shape index (κ3) is 1.75. The Labute approximate surface area is 71.7 Å².